The number of pyridine rings is 2. The summed E-state index contributed by atoms with van der Waals surface area (Å²) >= 11 is 0. The summed E-state index contributed by atoms with van der Waals surface area (Å²) in [4.78, 5) is 9.65. The minimum Gasteiger partial charge on any atom is -0.256 e. The van der Waals surface area contributed by atoms with Crippen LogP contribution in [0.5, 0.6) is 0 Å². The van der Waals surface area contributed by atoms with Gasteiger partial charge >= 0.3 is 0 Å². The van der Waals surface area contributed by atoms with Gasteiger partial charge in [0.05, 0.1) is 10.9 Å². The highest BCUT2D eigenvalue weighted by Crippen LogP contribution is 2.61. The van der Waals surface area contributed by atoms with Crippen molar-refractivity contribution in [2.45, 2.75) is 83.4 Å². The van der Waals surface area contributed by atoms with Crippen molar-refractivity contribution in [3.8, 4) is 0 Å². The minimum absolute atomic E-state index is 0.258. The Morgan fingerprint density at radius 3 is 1.72 bits per heavy atom. The van der Waals surface area contributed by atoms with Crippen molar-refractivity contribution in [1.82, 2.24) is 9.97 Å². The lowest BCUT2D eigenvalue weighted by Gasteiger charge is -2.42. The summed E-state index contributed by atoms with van der Waals surface area (Å²) in [5.41, 5.74) is 8.08. The molecule has 0 N–H and O–H groups in total. The molecule has 0 aliphatic rings. The monoisotopic (exact) mass is 554 g/mol. The number of hydrogen-bond acceptors (Lipinski definition) is 2. The molecule has 0 amide bonds. The third-order valence-electron chi connectivity index (χ3n) is 7.31. The van der Waals surface area contributed by atoms with Crippen LogP contribution in [-0.4, -0.2) is 20.3 Å². The zero-order valence-electron chi connectivity index (χ0n) is 24.7. The Hall–Kier alpha value is -2.40. The molecular weight excluding hydrogens is 510 g/mol. The van der Waals surface area contributed by atoms with E-state index in [0.717, 1.165) is 29.6 Å². The van der Waals surface area contributed by atoms with Crippen molar-refractivity contribution in [3.05, 3.63) is 120 Å². The van der Waals surface area contributed by atoms with Gasteiger partial charge in [-0.15, -0.1) is 0 Å². The summed E-state index contributed by atoms with van der Waals surface area (Å²) in [5, 5.41) is 0.549. The fraction of sp³-hybridized carbons (Fsp3) is 0.371. The number of hydrogen-bond donors (Lipinski definition) is 0. The van der Waals surface area contributed by atoms with Gasteiger partial charge in [-0.3, -0.25) is 9.97 Å². The lowest BCUT2D eigenvalue weighted by Crippen LogP contribution is -2.26. The van der Waals surface area contributed by atoms with Crippen molar-refractivity contribution < 1.29 is 0 Å². The zero-order chi connectivity index (χ0) is 28.0. The molecule has 4 aromatic rings. The SMILES string of the molecule is CC(Cc1ccccc1)c1ccc(CP(C(C)(C)C)C(C)(C)C)c(CP(c2ccccn2)c2ccccn2)c1. The van der Waals surface area contributed by atoms with E-state index in [2.05, 4.69) is 121 Å². The van der Waals surface area contributed by atoms with E-state index < -0.39 is 7.92 Å². The van der Waals surface area contributed by atoms with Gasteiger partial charge in [-0.05, 0) is 75.3 Å². The van der Waals surface area contributed by atoms with Gasteiger partial charge < -0.3 is 0 Å². The summed E-state index contributed by atoms with van der Waals surface area (Å²) in [7, 11) is -0.977. The Morgan fingerprint density at radius 1 is 0.641 bits per heavy atom. The molecule has 204 valence electrons. The second kappa shape index (κ2) is 12.8. The van der Waals surface area contributed by atoms with Crippen molar-refractivity contribution in [2.24, 2.45) is 0 Å². The van der Waals surface area contributed by atoms with Gasteiger partial charge in [0.1, 0.15) is 0 Å². The molecule has 1 unspecified atom stereocenters. The predicted molar refractivity (Wildman–Crippen MR) is 173 cm³/mol. The van der Waals surface area contributed by atoms with Crippen molar-refractivity contribution in [1.29, 1.82) is 0 Å². The first kappa shape index (κ1) is 29.6. The van der Waals surface area contributed by atoms with Gasteiger partial charge in [0.15, 0.2) is 0 Å². The van der Waals surface area contributed by atoms with Gasteiger partial charge in [0, 0.05) is 26.5 Å². The number of nitrogens with zero attached hydrogens (tertiary/aromatic N) is 2. The Kier molecular flexibility index (Phi) is 9.74. The van der Waals surface area contributed by atoms with Crippen LogP contribution in [-0.2, 0) is 18.7 Å². The minimum atomic E-state index is -0.719. The van der Waals surface area contributed by atoms with Gasteiger partial charge in [-0.2, -0.15) is 0 Å². The van der Waals surface area contributed by atoms with Crippen molar-refractivity contribution >= 4 is 26.7 Å². The first-order chi connectivity index (χ1) is 18.5. The molecule has 4 heteroatoms. The van der Waals surface area contributed by atoms with Crippen LogP contribution in [0.4, 0.5) is 0 Å². The number of rotatable bonds is 9. The molecule has 2 heterocycles. The molecule has 1 atom stereocenters. The third kappa shape index (κ3) is 8.06. The molecular formula is C35H44N2P2. The molecule has 39 heavy (non-hydrogen) atoms. The maximum atomic E-state index is 4.83. The number of aromatic nitrogens is 2. The van der Waals surface area contributed by atoms with E-state index in [1.807, 2.05) is 24.5 Å². The first-order valence-corrected chi connectivity index (χ1v) is 17.1. The fourth-order valence-corrected chi connectivity index (χ4v) is 11.2. The molecule has 4 rings (SSSR count). The van der Waals surface area contributed by atoms with Crippen LogP contribution in [0.15, 0.2) is 97.3 Å². The largest absolute Gasteiger partial charge is 0.256 e. The summed E-state index contributed by atoms with van der Waals surface area (Å²) in [6.07, 6.45) is 6.99. The highest BCUT2D eigenvalue weighted by Gasteiger charge is 2.35. The summed E-state index contributed by atoms with van der Waals surface area (Å²) in [5.74, 6) is 0.447. The van der Waals surface area contributed by atoms with Crippen LogP contribution in [0.2, 0.25) is 0 Å². The lowest BCUT2D eigenvalue weighted by molar-refractivity contribution is 0.702. The van der Waals surface area contributed by atoms with Crippen molar-refractivity contribution in [3.63, 3.8) is 0 Å². The summed E-state index contributed by atoms with van der Waals surface area (Å²) in [6.45, 7) is 16.9. The molecule has 2 aromatic carbocycles. The van der Waals surface area contributed by atoms with E-state index in [-0.39, 0.29) is 18.2 Å². The molecule has 0 spiro atoms. The Bertz CT molecular complexity index is 1260. The maximum absolute atomic E-state index is 4.83. The summed E-state index contributed by atoms with van der Waals surface area (Å²) in [6, 6.07) is 30.8. The highest BCUT2D eigenvalue weighted by molar-refractivity contribution is 7.71. The van der Waals surface area contributed by atoms with Gasteiger partial charge in [-0.25, -0.2) is 0 Å². The standard InChI is InChI=1S/C35H44N2P2/c1-27(23-28-15-9-8-10-16-28)29-19-20-30(26-39(34(2,3)4)35(5,6)7)31(24-29)25-38(32-17-11-13-21-36-32)33-18-12-14-22-37-33/h8-22,24,27H,23,25-26H2,1-7H3. The Labute approximate surface area is 239 Å². The molecule has 2 nitrogen and oxygen atoms in total. The second-order valence-electron chi connectivity index (χ2n) is 12.5. The van der Waals surface area contributed by atoms with Crippen LogP contribution in [0.25, 0.3) is 0 Å². The van der Waals surface area contributed by atoms with Crippen LogP contribution >= 0.6 is 15.8 Å². The van der Waals surface area contributed by atoms with Crippen LogP contribution < -0.4 is 10.9 Å². The lowest BCUT2D eigenvalue weighted by atomic mass is 9.91. The molecule has 0 aliphatic heterocycles. The average Bonchev–Trinajstić information content (AvgIpc) is 2.91. The zero-order valence-corrected chi connectivity index (χ0v) is 26.5. The third-order valence-corrected chi connectivity index (χ3v) is 13.5. The van der Waals surface area contributed by atoms with Crippen LogP contribution in [0.3, 0.4) is 0 Å². The molecule has 0 saturated carbocycles. The second-order valence-corrected chi connectivity index (χ2v) is 18.5. The Morgan fingerprint density at radius 2 is 1.21 bits per heavy atom. The van der Waals surface area contributed by atoms with Crippen molar-refractivity contribution in [2.75, 3.05) is 0 Å². The average molecular weight is 555 g/mol. The van der Waals surface area contributed by atoms with Crippen LogP contribution in [0.1, 0.15) is 76.6 Å². The summed E-state index contributed by atoms with van der Waals surface area (Å²) < 4.78 is 0. The van der Waals surface area contributed by atoms with E-state index in [4.69, 9.17) is 9.97 Å². The molecule has 0 aliphatic carbocycles. The Balaban J connectivity index is 1.77. The topological polar surface area (TPSA) is 25.8 Å². The van der Waals surface area contributed by atoms with E-state index in [9.17, 15) is 0 Å². The van der Waals surface area contributed by atoms with E-state index in [1.54, 1.807) is 0 Å². The van der Waals surface area contributed by atoms with Gasteiger partial charge in [0.2, 0.25) is 0 Å². The predicted octanol–water partition coefficient (Wildman–Crippen LogP) is 9.03. The van der Waals surface area contributed by atoms with E-state index in [1.165, 1.54) is 22.3 Å². The quantitative estimate of drug-likeness (QED) is 0.193. The highest BCUT2D eigenvalue weighted by atomic mass is 31.1. The molecule has 2 aromatic heterocycles. The van der Waals surface area contributed by atoms with E-state index in [0.29, 0.717) is 5.92 Å². The van der Waals surface area contributed by atoms with Crippen LogP contribution in [0, 0.1) is 0 Å². The molecule has 0 saturated heterocycles. The molecule has 0 fully saturated rings. The maximum Gasteiger partial charge on any atom is 0.0695 e. The van der Waals surface area contributed by atoms with Gasteiger partial charge in [0.25, 0.3) is 0 Å². The first-order valence-electron chi connectivity index (χ1n) is 14.1. The van der Waals surface area contributed by atoms with Gasteiger partial charge in [-0.1, -0.05) is 117 Å². The molecule has 0 bridgehead atoms. The normalized spacial score (nSPS) is 13.2. The number of benzene rings is 2. The fourth-order valence-electron chi connectivity index (χ4n) is 5.47. The van der Waals surface area contributed by atoms with E-state index >= 15 is 0 Å². The molecule has 0 radical (unpaired) electrons. The smallest absolute Gasteiger partial charge is 0.0695 e.